The highest BCUT2D eigenvalue weighted by molar-refractivity contribution is 7.10. The van der Waals surface area contributed by atoms with E-state index in [9.17, 15) is 9.59 Å². The zero-order valence-corrected chi connectivity index (χ0v) is 8.41. The average Bonchev–Trinajstić information content (AvgIpc) is 2.62. The molecule has 2 heterocycles. The van der Waals surface area contributed by atoms with Crippen LogP contribution in [0.2, 0.25) is 0 Å². The first-order valence-electron chi connectivity index (χ1n) is 4.22. The quantitative estimate of drug-likeness (QED) is 0.696. The van der Waals surface area contributed by atoms with Crippen molar-refractivity contribution < 1.29 is 14.4 Å². The molecule has 2 rings (SSSR count). The predicted octanol–water partition coefficient (Wildman–Crippen LogP) is 1.50. The Kier molecular flexibility index (Phi) is 2.25. The molecule has 0 N–H and O–H groups in total. The van der Waals surface area contributed by atoms with E-state index in [0.29, 0.717) is 6.42 Å². The van der Waals surface area contributed by atoms with Gasteiger partial charge in [0.15, 0.2) is 0 Å². The molecule has 5 heteroatoms. The van der Waals surface area contributed by atoms with Crippen molar-refractivity contribution in [1.29, 1.82) is 0 Å². The standard InChI is InChI=1S/C9H9NO3S/c1-6(11)13-10-7(5-9(10)12)8-3-2-4-14-8/h2-4,7H,5H2,1H3. The smallest absolute Gasteiger partial charge is 0.329 e. The van der Waals surface area contributed by atoms with Crippen LogP contribution in [0.25, 0.3) is 0 Å². The van der Waals surface area contributed by atoms with Crippen LogP contribution in [0, 0.1) is 0 Å². The van der Waals surface area contributed by atoms with Crippen LogP contribution < -0.4 is 0 Å². The predicted molar refractivity (Wildman–Crippen MR) is 50.3 cm³/mol. The van der Waals surface area contributed by atoms with Crippen molar-refractivity contribution in [3.63, 3.8) is 0 Å². The third-order valence-electron chi connectivity index (χ3n) is 2.00. The largest absolute Gasteiger partial charge is 0.338 e. The van der Waals surface area contributed by atoms with E-state index in [0.717, 1.165) is 9.94 Å². The second-order valence-electron chi connectivity index (χ2n) is 3.04. The number of hydrogen-bond donors (Lipinski definition) is 0. The molecule has 1 unspecified atom stereocenters. The summed E-state index contributed by atoms with van der Waals surface area (Å²) in [6, 6.07) is 3.76. The zero-order chi connectivity index (χ0) is 10.1. The molecule has 1 saturated heterocycles. The summed E-state index contributed by atoms with van der Waals surface area (Å²) in [7, 11) is 0. The number of hydroxylamine groups is 2. The summed E-state index contributed by atoms with van der Waals surface area (Å²) in [6.07, 6.45) is 0.424. The SMILES string of the molecule is CC(=O)ON1C(=O)CC1c1cccs1. The fourth-order valence-electron chi connectivity index (χ4n) is 1.35. The molecular formula is C9H9NO3S. The van der Waals surface area contributed by atoms with Crippen molar-refractivity contribution in [2.45, 2.75) is 19.4 Å². The molecule has 0 aliphatic carbocycles. The Balaban J connectivity index is 2.08. The van der Waals surface area contributed by atoms with Gasteiger partial charge in [0.05, 0.1) is 6.42 Å². The highest BCUT2D eigenvalue weighted by Crippen LogP contribution is 2.36. The van der Waals surface area contributed by atoms with Crippen molar-refractivity contribution in [3.05, 3.63) is 22.4 Å². The van der Waals surface area contributed by atoms with Crippen LogP contribution in [-0.4, -0.2) is 16.9 Å². The molecule has 74 valence electrons. The van der Waals surface area contributed by atoms with Crippen molar-refractivity contribution in [2.75, 3.05) is 0 Å². The Morgan fingerprint density at radius 3 is 3.00 bits per heavy atom. The number of amides is 1. The fourth-order valence-corrected chi connectivity index (χ4v) is 2.16. The van der Waals surface area contributed by atoms with Gasteiger partial charge < -0.3 is 4.84 Å². The van der Waals surface area contributed by atoms with E-state index in [1.807, 2.05) is 17.5 Å². The minimum Gasteiger partial charge on any atom is -0.338 e. The zero-order valence-electron chi connectivity index (χ0n) is 7.60. The van der Waals surface area contributed by atoms with Crippen LogP contribution >= 0.6 is 11.3 Å². The molecule has 1 aromatic heterocycles. The Morgan fingerprint density at radius 1 is 1.71 bits per heavy atom. The number of thiophene rings is 1. The monoisotopic (exact) mass is 211 g/mol. The van der Waals surface area contributed by atoms with Gasteiger partial charge in [-0.3, -0.25) is 9.59 Å². The lowest BCUT2D eigenvalue weighted by molar-refractivity contribution is -0.226. The van der Waals surface area contributed by atoms with Crippen molar-refractivity contribution >= 4 is 23.2 Å². The molecule has 1 atom stereocenters. The Labute approximate surface area is 85.0 Å². The third-order valence-corrected chi connectivity index (χ3v) is 2.97. The summed E-state index contributed by atoms with van der Waals surface area (Å²) in [6.45, 7) is 1.29. The van der Waals surface area contributed by atoms with Gasteiger partial charge >= 0.3 is 5.97 Å². The van der Waals surface area contributed by atoms with Gasteiger partial charge in [-0.25, -0.2) is 0 Å². The minimum atomic E-state index is -0.459. The summed E-state index contributed by atoms with van der Waals surface area (Å²) in [5.41, 5.74) is 0. The van der Waals surface area contributed by atoms with E-state index >= 15 is 0 Å². The maximum Gasteiger partial charge on any atom is 0.329 e. The number of rotatable bonds is 2. The van der Waals surface area contributed by atoms with Gasteiger partial charge in [-0.2, -0.15) is 5.06 Å². The van der Waals surface area contributed by atoms with E-state index in [1.54, 1.807) is 11.3 Å². The number of hydrogen-bond acceptors (Lipinski definition) is 4. The topological polar surface area (TPSA) is 46.6 Å². The molecule has 0 spiro atoms. The summed E-state index contributed by atoms with van der Waals surface area (Å²) >= 11 is 1.55. The van der Waals surface area contributed by atoms with Gasteiger partial charge in [-0.05, 0) is 11.4 Å². The Morgan fingerprint density at radius 2 is 2.50 bits per heavy atom. The Hall–Kier alpha value is -1.36. The van der Waals surface area contributed by atoms with Gasteiger partial charge in [0.2, 0.25) is 0 Å². The molecule has 1 aliphatic heterocycles. The van der Waals surface area contributed by atoms with E-state index < -0.39 is 5.97 Å². The molecule has 1 amide bonds. The molecule has 1 fully saturated rings. The first-order valence-corrected chi connectivity index (χ1v) is 5.10. The Bertz CT molecular complexity index is 360. The van der Waals surface area contributed by atoms with E-state index in [1.165, 1.54) is 6.92 Å². The van der Waals surface area contributed by atoms with E-state index in [4.69, 9.17) is 4.84 Å². The van der Waals surface area contributed by atoms with Crippen LogP contribution in [-0.2, 0) is 14.4 Å². The van der Waals surface area contributed by atoms with Gasteiger partial charge in [-0.1, -0.05) is 6.07 Å². The van der Waals surface area contributed by atoms with Gasteiger partial charge in [0.1, 0.15) is 6.04 Å². The number of β-lactam (4-membered cyclic amide) rings is 1. The molecule has 0 saturated carbocycles. The van der Waals surface area contributed by atoms with Crippen LogP contribution in [0.5, 0.6) is 0 Å². The van der Waals surface area contributed by atoms with E-state index in [2.05, 4.69) is 0 Å². The molecule has 0 bridgehead atoms. The molecule has 0 aromatic carbocycles. The van der Waals surface area contributed by atoms with Crippen LogP contribution in [0.15, 0.2) is 17.5 Å². The van der Waals surface area contributed by atoms with Gasteiger partial charge in [0, 0.05) is 11.8 Å². The molecule has 14 heavy (non-hydrogen) atoms. The van der Waals surface area contributed by atoms with Crippen LogP contribution in [0.1, 0.15) is 24.3 Å². The molecule has 0 radical (unpaired) electrons. The van der Waals surface area contributed by atoms with Gasteiger partial charge in [-0.15, -0.1) is 11.3 Å². The lowest BCUT2D eigenvalue weighted by Crippen LogP contribution is -2.46. The second-order valence-corrected chi connectivity index (χ2v) is 4.02. The maximum absolute atomic E-state index is 11.1. The molecule has 4 nitrogen and oxygen atoms in total. The maximum atomic E-state index is 11.1. The summed E-state index contributed by atoms with van der Waals surface area (Å²) < 4.78 is 0. The van der Waals surface area contributed by atoms with Crippen molar-refractivity contribution in [1.82, 2.24) is 5.06 Å². The third kappa shape index (κ3) is 1.50. The first kappa shape index (κ1) is 9.21. The number of nitrogens with zero attached hydrogens (tertiary/aromatic N) is 1. The lowest BCUT2D eigenvalue weighted by atomic mass is 10.0. The van der Waals surface area contributed by atoms with Crippen LogP contribution in [0.4, 0.5) is 0 Å². The average molecular weight is 211 g/mol. The number of carbonyl (C=O) groups is 2. The molecule has 1 aliphatic rings. The van der Waals surface area contributed by atoms with Crippen molar-refractivity contribution in [3.8, 4) is 0 Å². The first-order chi connectivity index (χ1) is 6.68. The summed E-state index contributed by atoms with van der Waals surface area (Å²) in [5.74, 6) is -0.599. The fraction of sp³-hybridized carbons (Fsp3) is 0.333. The minimum absolute atomic E-state index is 0.0774. The molecule has 1 aromatic rings. The summed E-state index contributed by atoms with van der Waals surface area (Å²) in [4.78, 5) is 27.7. The van der Waals surface area contributed by atoms with Crippen molar-refractivity contribution in [2.24, 2.45) is 0 Å². The molecular weight excluding hydrogens is 202 g/mol. The van der Waals surface area contributed by atoms with Gasteiger partial charge in [0.25, 0.3) is 5.91 Å². The summed E-state index contributed by atoms with van der Waals surface area (Å²) in [5, 5.41) is 3.08. The highest BCUT2D eigenvalue weighted by Gasteiger charge is 2.40. The van der Waals surface area contributed by atoms with E-state index in [-0.39, 0.29) is 11.9 Å². The lowest BCUT2D eigenvalue weighted by Gasteiger charge is -2.36. The second kappa shape index (κ2) is 3.42. The van der Waals surface area contributed by atoms with Crippen LogP contribution in [0.3, 0.4) is 0 Å². The number of carbonyl (C=O) groups excluding carboxylic acids is 2. The highest BCUT2D eigenvalue weighted by atomic mass is 32.1. The normalized spacial score (nSPS) is 20.5.